The van der Waals surface area contributed by atoms with Gasteiger partial charge in [0.15, 0.2) is 11.5 Å². The first-order valence-electron chi connectivity index (χ1n) is 11.3. The number of aromatic hydroxyl groups is 1. The highest BCUT2D eigenvalue weighted by molar-refractivity contribution is 6.38. The molecule has 0 fully saturated rings. The van der Waals surface area contributed by atoms with Crippen LogP contribution in [-0.2, 0) is 6.42 Å². The van der Waals surface area contributed by atoms with Crippen molar-refractivity contribution in [2.24, 2.45) is 10.7 Å². The number of halogens is 2. The molecule has 0 aliphatic carbocycles. The van der Waals surface area contributed by atoms with Crippen molar-refractivity contribution in [2.75, 3.05) is 20.8 Å². The monoisotopic (exact) mass is 534 g/mol. The molecule has 37 heavy (non-hydrogen) atoms. The average Bonchev–Trinajstić information content (AvgIpc) is 3.17. The number of ether oxygens (including phenoxy) is 2. The molecule has 0 bridgehead atoms. The molecule has 0 radical (unpaired) electrons. The van der Waals surface area contributed by atoms with Gasteiger partial charge in [-0.25, -0.2) is 0 Å². The summed E-state index contributed by atoms with van der Waals surface area (Å²) in [7, 11) is 3.16. The molecular formula is C28H24Cl2N4O3. The SMILES string of the molecule is COc1ccc(CCN=C(N)C(C#N)=Cc2c(O)n(-c3c(Cl)cccc3Cl)c3ccccc23)cc1OC. The van der Waals surface area contributed by atoms with Gasteiger partial charge in [0.1, 0.15) is 11.9 Å². The Hall–Kier alpha value is -4.12. The molecule has 7 nitrogen and oxygen atoms in total. The molecule has 1 aromatic heterocycles. The molecular weight excluding hydrogens is 511 g/mol. The van der Waals surface area contributed by atoms with Gasteiger partial charge in [0, 0.05) is 17.5 Å². The van der Waals surface area contributed by atoms with Gasteiger partial charge in [-0.15, -0.1) is 0 Å². The molecule has 0 saturated carbocycles. The summed E-state index contributed by atoms with van der Waals surface area (Å²) in [4.78, 5) is 4.39. The summed E-state index contributed by atoms with van der Waals surface area (Å²) in [6, 6.07) is 20.2. The number of aliphatic imine (C=N–C) groups is 1. The lowest BCUT2D eigenvalue weighted by Crippen LogP contribution is -2.15. The van der Waals surface area contributed by atoms with Crippen molar-refractivity contribution in [3.8, 4) is 29.1 Å². The summed E-state index contributed by atoms with van der Waals surface area (Å²) in [6.45, 7) is 0.351. The van der Waals surface area contributed by atoms with Gasteiger partial charge in [-0.1, -0.05) is 53.5 Å². The summed E-state index contributed by atoms with van der Waals surface area (Å²) < 4.78 is 12.2. The van der Waals surface area contributed by atoms with Crippen molar-refractivity contribution < 1.29 is 14.6 Å². The number of nitrogens with two attached hydrogens (primary N) is 1. The van der Waals surface area contributed by atoms with Crippen molar-refractivity contribution >= 4 is 46.0 Å². The second kappa shape index (κ2) is 11.3. The second-order valence-corrected chi connectivity index (χ2v) is 8.85. The molecule has 0 aliphatic rings. The van der Waals surface area contributed by atoms with Crippen LogP contribution in [0.15, 0.2) is 71.2 Å². The number of fused-ring (bicyclic) bond motifs is 1. The van der Waals surface area contributed by atoms with Crippen molar-refractivity contribution in [2.45, 2.75) is 6.42 Å². The Kier molecular flexibility index (Phi) is 7.92. The highest BCUT2D eigenvalue weighted by Crippen LogP contribution is 2.40. The Morgan fingerprint density at radius 3 is 2.43 bits per heavy atom. The van der Waals surface area contributed by atoms with E-state index in [-0.39, 0.29) is 17.3 Å². The zero-order valence-corrected chi connectivity index (χ0v) is 21.7. The van der Waals surface area contributed by atoms with Crippen LogP contribution < -0.4 is 15.2 Å². The fourth-order valence-electron chi connectivity index (χ4n) is 4.06. The van der Waals surface area contributed by atoms with Crippen LogP contribution in [0.4, 0.5) is 0 Å². The van der Waals surface area contributed by atoms with E-state index in [1.165, 1.54) is 6.08 Å². The molecule has 0 amide bonds. The van der Waals surface area contributed by atoms with Gasteiger partial charge in [-0.05, 0) is 48.4 Å². The summed E-state index contributed by atoms with van der Waals surface area (Å²) in [5.41, 5.74) is 8.80. The van der Waals surface area contributed by atoms with Gasteiger partial charge < -0.3 is 20.3 Å². The lowest BCUT2D eigenvalue weighted by atomic mass is 10.1. The van der Waals surface area contributed by atoms with Crippen molar-refractivity contribution in [3.63, 3.8) is 0 Å². The zero-order chi connectivity index (χ0) is 26.5. The van der Waals surface area contributed by atoms with Crippen molar-refractivity contribution in [3.05, 3.63) is 87.4 Å². The summed E-state index contributed by atoms with van der Waals surface area (Å²) in [6.07, 6.45) is 2.10. The van der Waals surface area contributed by atoms with Crippen LogP contribution in [0.2, 0.25) is 10.0 Å². The molecule has 0 atom stereocenters. The van der Waals surface area contributed by atoms with Gasteiger partial charge >= 0.3 is 0 Å². The van der Waals surface area contributed by atoms with Crippen LogP contribution in [0, 0.1) is 11.3 Å². The maximum atomic E-state index is 11.2. The predicted molar refractivity (Wildman–Crippen MR) is 148 cm³/mol. The van der Waals surface area contributed by atoms with Gasteiger partial charge in [0.05, 0.1) is 41.0 Å². The van der Waals surface area contributed by atoms with E-state index in [4.69, 9.17) is 38.4 Å². The number of benzene rings is 3. The maximum Gasteiger partial charge on any atom is 0.204 e. The van der Waals surface area contributed by atoms with Crippen LogP contribution in [0.3, 0.4) is 0 Å². The van der Waals surface area contributed by atoms with E-state index < -0.39 is 0 Å². The van der Waals surface area contributed by atoms with Crippen LogP contribution in [0.5, 0.6) is 17.4 Å². The van der Waals surface area contributed by atoms with E-state index in [0.717, 1.165) is 5.56 Å². The number of hydrogen-bond acceptors (Lipinski definition) is 5. The van der Waals surface area contributed by atoms with Crippen LogP contribution in [0.25, 0.3) is 22.7 Å². The van der Waals surface area contributed by atoms with E-state index in [0.29, 0.717) is 56.7 Å². The number of nitriles is 1. The van der Waals surface area contributed by atoms with Crippen molar-refractivity contribution in [1.82, 2.24) is 4.57 Å². The first-order valence-corrected chi connectivity index (χ1v) is 12.0. The third-order valence-electron chi connectivity index (χ3n) is 5.86. The van der Waals surface area contributed by atoms with Crippen LogP contribution in [0.1, 0.15) is 11.1 Å². The normalized spacial score (nSPS) is 12.0. The van der Waals surface area contributed by atoms with E-state index in [1.807, 2.05) is 42.5 Å². The van der Waals surface area contributed by atoms with Crippen LogP contribution >= 0.6 is 23.2 Å². The fourth-order valence-corrected chi connectivity index (χ4v) is 4.62. The Bertz CT molecular complexity index is 1550. The smallest absolute Gasteiger partial charge is 0.204 e. The minimum Gasteiger partial charge on any atom is -0.494 e. The molecule has 0 aliphatic heterocycles. The lowest BCUT2D eigenvalue weighted by molar-refractivity contribution is 0.354. The molecule has 0 saturated heterocycles. The summed E-state index contributed by atoms with van der Waals surface area (Å²) in [5.74, 6) is 1.21. The van der Waals surface area contributed by atoms with E-state index in [9.17, 15) is 10.4 Å². The molecule has 4 aromatic rings. The topological polar surface area (TPSA) is 106 Å². The Morgan fingerprint density at radius 1 is 1.05 bits per heavy atom. The molecule has 1 heterocycles. The number of hydrogen-bond donors (Lipinski definition) is 2. The van der Waals surface area contributed by atoms with E-state index >= 15 is 0 Å². The Morgan fingerprint density at radius 2 is 1.76 bits per heavy atom. The summed E-state index contributed by atoms with van der Waals surface area (Å²) in [5, 5.41) is 22.5. The molecule has 188 valence electrons. The molecule has 0 unspecified atom stereocenters. The molecule has 3 N–H and O–H groups in total. The Labute approximate surface area is 224 Å². The number of amidine groups is 1. The van der Waals surface area contributed by atoms with Gasteiger partial charge in [0.25, 0.3) is 0 Å². The number of rotatable bonds is 8. The summed E-state index contributed by atoms with van der Waals surface area (Å²) >= 11 is 12.9. The second-order valence-electron chi connectivity index (χ2n) is 8.04. The number of methoxy groups -OCH3 is 2. The number of aromatic nitrogens is 1. The molecule has 3 aromatic carbocycles. The molecule has 4 rings (SSSR count). The van der Waals surface area contributed by atoms with Gasteiger partial charge in [-0.3, -0.25) is 9.56 Å². The van der Waals surface area contributed by atoms with E-state index in [2.05, 4.69) is 11.1 Å². The minimum absolute atomic E-state index is 0.0648. The third-order valence-corrected chi connectivity index (χ3v) is 6.47. The first-order chi connectivity index (χ1) is 17.9. The fraction of sp³-hybridized carbons (Fsp3) is 0.143. The van der Waals surface area contributed by atoms with Crippen molar-refractivity contribution in [1.29, 1.82) is 5.26 Å². The maximum absolute atomic E-state index is 11.2. The largest absolute Gasteiger partial charge is 0.494 e. The lowest BCUT2D eigenvalue weighted by Gasteiger charge is -2.11. The molecule has 0 spiro atoms. The van der Waals surface area contributed by atoms with Gasteiger partial charge in [-0.2, -0.15) is 5.26 Å². The standard InChI is InChI=1S/C28H24Cl2N4O3/c1-36-24-11-10-17(14-25(24)37-2)12-13-33-27(32)18(16-31)15-20-19-6-3-4-9-23(19)34(28(20)35)26-21(29)7-5-8-22(26)30/h3-11,14-15,35H,12-13H2,1-2H3,(H2,32,33). The Balaban J connectivity index is 1.69. The average molecular weight is 535 g/mol. The number of para-hydroxylation sites is 2. The highest BCUT2D eigenvalue weighted by atomic mass is 35.5. The zero-order valence-electron chi connectivity index (χ0n) is 20.2. The molecule has 9 heteroatoms. The predicted octanol–water partition coefficient (Wildman–Crippen LogP) is 6.17. The first kappa shape index (κ1) is 26.0. The third kappa shape index (κ3) is 5.21. The van der Waals surface area contributed by atoms with Crippen LogP contribution in [-0.4, -0.2) is 36.3 Å². The van der Waals surface area contributed by atoms with Gasteiger partial charge in [0.2, 0.25) is 5.88 Å². The highest BCUT2D eigenvalue weighted by Gasteiger charge is 2.20. The quantitative estimate of drug-likeness (QED) is 0.160. The minimum atomic E-state index is -0.123. The number of nitrogens with zero attached hydrogens (tertiary/aromatic N) is 3. The van der Waals surface area contributed by atoms with E-state index in [1.54, 1.807) is 37.0 Å².